The lowest BCUT2D eigenvalue weighted by Gasteiger charge is -2.09. The Kier molecular flexibility index (Phi) is 2.71. The number of hydrogen-bond acceptors (Lipinski definition) is 1. The third kappa shape index (κ3) is 2.07. The predicted molar refractivity (Wildman–Crippen MR) is 89.4 cm³/mol. The quantitative estimate of drug-likeness (QED) is 0.424. The fourth-order valence-corrected chi connectivity index (χ4v) is 2.90. The van der Waals surface area contributed by atoms with Crippen molar-refractivity contribution in [2.45, 2.75) is 6.92 Å². The standard InChI is InChI=1S/C20H15N/c1-14-10-17-11-15-6-2-3-7-16(15)12-18(17)13-19(14)20-8-4-5-9-21-20/h2-13H,1H3. The number of benzene rings is 3. The van der Waals surface area contributed by atoms with Gasteiger partial charge in [0.1, 0.15) is 0 Å². The van der Waals surface area contributed by atoms with Crippen molar-refractivity contribution in [1.82, 2.24) is 4.98 Å². The van der Waals surface area contributed by atoms with E-state index in [0.717, 1.165) is 5.69 Å². The van der Waals surface area contributed by atoms with E-state index in [9.17, 15) is 0 Å². The van der Waals surface area contributed by atoms with Crippen molar-refractivity contribution in [3.8, 4) is 11.3 Å². The molecule has 0 saturated carbocycles. The summed E-state index contributed by atoms with van der Waals surface area (Å²) in [6.07, 6.45) is 1.85. The summed E-state index contributed by atoms with van der Waals surface area (Å²) in [6, 6.07) is 23.6. The van der Waals surface area contributed by atoms with Crippen LogP contribution < -0.4 is 0 Å². The molecule has 1 nitrogen and oxygen atoms in total. The van der Waals surface area contributed by atoms with Crippen molar-refractivity contribution in [2.75, 3.05) is 0 Å². The number of fused-ring (bicyclic) bond motifs is 2. The number of aryl methyl sites for hydroxylation is 1. The minimum Gasteiger partial charge on any atom is -0.256 e. The molecule has 4 rings (SSSR count). The fraction of sp³-hybridized carbons (Fsp3) is 0.0500. The molecule has 0 amide bonds. The van der Waals surface area contributed by atoms with Crippen LogP contribution in [0.1, 0.15) is 5.56 Å². The molecule has 3 aromatic carbocycles. The van der Waals surface area contributed by atoms with Gasteiger partial charge in [-0.25, -0.2) is 0 Å². The first-order valence-corrected chi connectivity index (χ1v) is 7.16. The zero-order chi connectivity index (χ0) is 14.2. The minimum absolute atomic E-state index is 1.03. The van der Waals surface area contributed by atoms with Crippen LogP contribution in [0.3, 0.4) is 0 Å². The molecule has 100 valence electrons. The molecule has 0 N–H and O–H groups in total. The Labute approximate surface area is 123 Å². The summed E-state index contributed by atoms with van der Waals surface area (Å²) in [6.45, 7) is 2.15. The molecule has 0 unspecified atom stereocenters. The van der Waals surface area contributed by atoms with E-state index in [1.54, 1.807) is 0 Å². The van der Waals surface area contributed by atoms with Gasteiger partial charge in [-0.05, 0) is 64.4 Å². The monoisotopic (exact) mass is 269 g/mol. The molecule has 0 aliphatic heterocycles. The van der Waals surface area contributed by atoms with Crippen molar-refractivity contribution in [1.29, 1.82) is 0 Å². The van der Waals surface area contributed by atoms with Gasteiger partial charge in [-0.2, -0.15) is 0 Å². The molecule has 4 aromatic rings. The SMILES string of the molecule is Cc1cc2cc3ccccc3cc2cc1-c1ccccn1. The molecule has 0 atom stereocenters. The predicted octanol–water partition coefficient (Wildman–Crippen LogP) is 5.36. The van der Waals surface area contributed by atoms with Crippen molar-refractivity contribution in [2.24, 2.45) is 0 Å². The maximum atomic E-state index is 4.48. The maximum absolute atomic E-state index is 4.48. The second-order valence-electron chi connectivity index (χ2n) is 5.43. The van der Waals surface area contributed by atoms with E-state index in [4.69, 9.17) is 0 Å². The van der Waals surface area contributed by atoms with Gasteiger partial charge in [-0.15, -0.1) is 0 Å². The van der Waals surface area contributed by atoms with Gasteiger partial charge < -0.3 is 0 Å². The lowest BCUT2D eigenvalue weighted by Crippen LogP contribution is -1.87. The highest BCUT2D eigenvalue weighted by Gasteiger charge is 2.06. The van der Waals surface area contributed by atoms with E-state index in [1.807, 2.05) is 18.3 Å². The summed E-state index contributed by atoms with van der Waals surface area (Å²) in [7, 11) is 0. The number of rotatable bonds is 1. The molecule has 0 fully saturated rings. The van der Waals surface area contributed by atoms with Gasteiger partial charge in [0.25, 0.3) is 0 Å². The fourth-order valence-electron chi connectivity index (χ4n) is 2.90. The molecule has 0 saturated heterocycles. The Bertz CT molecular complexity index is 940. The van der Waals surface area contributed by atoms with Gasteiger partial charge in [-0.3, -0.25) is 4.98 Å². The van der Waals surface area contributed by atoms with E-state index < -0.39 is 0 Å². The van der Waals surface area contributed by atoms with E-state index >= 15 is 0 Å². The zero-order valence-corrected chi connectivity index (χ0v) is 11.9. The molecule has 1 aromatic heterocycles. The van der Waals surface area contributed by atoms with Crippen LogP contribution in [0.15, 0.2) is 72.9 Å². The van der Waals surface area contributed by atoms with Crippen molar-refractivity contribution < 1.29 is 0 Å². The number of nitrogens with zero attached hydrogens (tertiary/aromatic N) is 1. The van der Waals surface area contributed by atoms with Gasteiger partial charge in [0.05, 0.1) is 5.69 Å². The molecular formula is C20H15N. The van der Waals surface area contributed by atoms with Crippen molar-refractivity contribution in [3.05, 3.63) is 78.5 Å². The second kappa shape index (κ2) is 4.71. The van der Waals surface area contributed by atoms with E-state index in [-0.39, 0.29) is 0 Å². The average molecular weight is 269 g/mol. The van der Waals surface area contributed by atoms with Crippen LogP contribution >= 0.6 is 0 Å². The molecule has 1 heterocycles. The van der Waals surface area contributed by atoms with Gasteiger partial charge in [0.2, 0.25) is 0 Å². The summed E-state index contributed by atoms with van der Waals surface area (Å²) in [5, 5.41) is 5.11. The summed E-state index contributed by atoms with van der Waals surface area (Å²) < 4.78 is 0. The Morgan fingerprint density at radius 1 is 0.667 bits per heavy atom. The third-order valence-electron chi connectivity index (χ3n) is 3.99. The Balaban J connectivity index is 2.02. The highest BCUT2D eigenvalue weighted by atomic mass is 14.7. The van der Waals surface area contributed by atoms with Gasteiger partial charge >= 0.3 is 0 Å². The first-order chi connectivity index (χ1) is 10.3. The van der Waals surface area contributed by atoms with Crippen LogP contribution in [-0.4, -0.2) is 4.98 Å². The van der Waals surface area contributed by atoms with Crippen LogP contribution in [0.2, 0.25) is 0 Å². The molecule has 21 heavy (non-hydrogen) atoms. The molecule has 0 aliphatic carbocycles. The van der Waals surface area contributed by atoms with Crippen LogP contribution in [0, 0.1) is 6.92 Å². The minimum atomic E-state index is 1.03. The van der Waals surface area contributed by atoms with Gasteiger partial charge in [-0.1, -0.05) is 36.4 Å². The molecular weight excluding hydrogens is 254 g/mol. The summed E-state index contributed by atoms with van der Waals surface area (Å²) >= 11 is 0. The van der Waals surface area contributed by atoms with E-state index in [1.165, 1.54) is 32.7 Å². The largest absolute Gasteiger partial charge is 0.256 e. The van der Waals surface area contributed by atoms with Crippen LogP contribution in [0.4, 0.5) is 0 Å². The van der Waals surface area contributed by atoms with Gasteiger partial charge in [0, 0.05) is 11.8 Å². The van der Waals surface area contributed by atoms with E-state index in [2.05, 4.69) is 66.5 Å². The first-order valence-electron chi connectivity index (χ1n) is 7.16. The highest BCUT2D eigenvalue weighted by Crippen LogP contribution is 2.29. The zero-order valence-electron chi connectivity index (χ0n) is 11.9. The van der Waals surface area contributed by atoms with Crippen LogP contribution in [0.5, 0.6) is 0 Å². The smallest absolute Gasteiger partial charge is 0.0704 e. The Morgan fingerprint density at radius 3 is 2.00 bits per heavy atom. The Hall–Kier alpha value is -2.67. The second-order valence-corrected chi connectivity index (χ2v) is 5.43. The topological polar surface area (TPSA) is 12.9 Å². The summed E-state index contributed by atoms with van der Waals surface area (Å²) in [4.78, 5) is 4.48. The summed E-state index contributed by atoms with van der Waals surface area (Å²) in [5.41, 5.74) is 3.50. The third-order valence-corrected chi connectivity index (χ3v) is 3.99. The number of aromatic nitrogens is 1. The lowest BCUT2D eigenvalue weighted by atomic mass is 9.97. The summed E-state index contributed by atoms with van der Waals surface area (Å²) in [5.74, 6) is 0. The number of hydrogen-bond donors (Lipinski definition) is 0. The first kappa shape index (κ1) is 12.1. The van der Waals surface area contributed by atoms with Crippen LogP contribution in [-0.2, 0) is 0 Å². The highest BCUT2D eigenvalue weighted by molar-refractivity contribution is 6.00. The lowest BCUT2D eigenvalue weighted by molar-refractivity contribution is 1.31. The van der Waals surface area contributed by atoms with E-state index in [0.29, 0.717) is 0 Å². The normalized spacial score (nSPS) is 11.1. The van der Waals surface area contributed by atoms with Crippen molar-refractivity contribution >= 4 is 21.5 Å². The molecule has 0 spiro atoms. The van der Waals surface area contributed by atoms with Gasteiger partial charge in [0.15, 0.2) is 0 Å². The molecule has 0 radical (unpaired) electrons. The number of pyridine rings is 1. The maximum Gasteiger partial charge on any atom is 0.0704 e. The molecule has 1 heteroatoms. The van der Waals surface area contributed by atoms with Crippen LogP contribution in [0.25, 0.3) is 32.8 Å². The Morgan fingerprint density at radius 2 is 1.33 bits per heavy atom. The molecule has 0 bridgehead atoms. The average Bonchev–Trinajstić information content (AvgIpc) is 2.53. The molecule has 0 aliphatic rings. The van der Waals surface area contributed by atoms with Crippen molar-refractivity contribution in [3.63, 3.8) is 0 Å².